The second-order valence-corrected chi connectivity index (χ2v) is 5.74. The summed E-state index contributed by atoms with van der Waals surface area (Å²) in [6.07, 6.45) is -2.53. The number of hydrogen-bond acceptors (Lipinski definition) is 10. The fraction of sp³-hybridized carbons (Fsp3) is 0.500. The Balaban J connectivity index is 1.68. The van der Waals surface area contributed by atoms with E-state index in [1.165, 1.54) is 17.2 Å². The largest absolute Gasteiger partial charge is 0.565 e. The van der Waals surface area contributed by atoms with Crippen LogP contribution in [0, 0.1) is 0 Å². The van der Waals surface area contributed by atoms with Crippen molar-refractivity contribution in [2.45, 2.75) is 37.4 Å². The number of rotatable bonds is 6. The lowest BCUT2D eigenvalue weighted by atomic mass is 10.1. The number of nitrogens with two attached hydrogens (primary N) is 1. The summed E-state index contributed by atoms with van der Waals surface area (Å²) in [7, 11) is 0. The smallest absolute Gasteiger partial charge is 0.516 e. The molecule has 12 nitrogen and oxygen atoms in total. The minimum absolute atomic E-state index is 0.163. The van der Waals surface area contributed by atoms with Gasteiger partial charge in [-0.1, -0.05) is 0 Å². The zero-order chi connectivity index (χ0) is 18.8. The summed E-state index contributed by atoms with van der Waals surface area (Å²) < 4.78 is 11.9. The fourth-order valence-electron chi connectivity index (χ4n) is 2.62. The van der Waals surface area contributed by atoms with Crippen LogP contribution in [0.1, 0.15) is 19.1 Å². The third-order valence-corrected chi connectivity index (χ3v) is 3.96. The van der Waals surface area contributed by atoms with Crippen molar-refractivity contribution in [1.29, 1.82) is 0 Å². The average molecular weight is 368 g/mol. The number of nitrogen functional groups attached to an aromatic ring is 1. The van der Waals surface area contributed by atoms with E-state index in [1.807, 2.05) is 0 Å². The van der Waals surface area contributed by atoms with Gasteiger partial charge in [-0.3, -0.25) is 9.36 Å². The highest BCUT2D eigenvalue weighted by Crippen LogP contribution is 2.32. The summed E-state index contributed by atoms with van der Waals surface area (Å²) in [5.41, 5.74) is 6.36. The van der Waals surface area contributed by atoms with E-state index in [0.717, 1.165) is 0 Å². The van der Waals surface area contributed by atoms with Gasteiger partial charge in [0.05, 0.1) is 12.7 Å². The van der Waals surface area contributed by atoms with Crippen molar-refractivity contribution in [3.63, 3.8) is 0 Å². The van der Waals surface area contributed by atoms with Gasteiger partial charge in [0, 0.05) is 4.79 Å². The highest BCUT2D eigenvalue weighted by atomic mass is 16.6. The number of fused-ring (bicyclic) bond motifs is 1. The molecule has 1 fully saturated rings. The quantitative estimate of drug-likeness (QED) is 0.366. The van der Waals surface area contributed by atoms with Crippen molar-refractivity contribution in [3.05, 3.63) is 12.7 Å². The van der Waals surface area contributed by atoms with E-state index in [0.29, 0.717) is 11.2 Å². The molecular weight excluding hydrogens is 350 g/mol. The molecule has 26 heavy (non-hydrogen) atoms. The number of esters is 1. The maximum absolute atomic E-state index is 11.5. The molecule has 4 atom stereocenters. The molecule has 4 unspecified atom stereocenters. The van der Waals surface area contributed by atoms with Crippen LogP contribution in [-0.2, 0) is 19.1 Å². The minimum atomic E-state index is -1.32. The maximum atomic E-state index is 11.5. The summed E-state index contributed by atoms with van der Waals surface area (Å²) in [5, 5.41) is 27.1. The summed E-state index contributed by atoms with van der Waals surface area (Å²) in [6, 6.07) is 0. The van der Waals surface area contributed by atoms with Gasteiger partial charge in [-0.2, -0.15) is 0 Å². The molecule has 140 valence electrons. The molecule has 0 amide bonds. The standard InChI is InChI=1S/C14H17N5O7/c15-12-9-13(17-4-16-12)19(5-18-9)14-11(24)10(23)6(26-14)3-25-8(22)2-1-7(20)21/h4-6,10-11,14,23-24H,1-3H2,(H,20,21)(H2,15,16,17)/p+1. The summed E-state index contributed by atoms with van der Waals surface area (Å²) in [4.78, 5) is 34.0. The normalized spacial score (nSPS) is 25.5. The van der Waals surface area contributed by atoms with Crippen LogP contribution in [0.3, 0.4) is 0 Å². The first-order valence-corrected chi connectivity index (χ1v) is 7.73. The lowest BCUT2D eigenvalue weighted by Gasteiger charge is -2.16. The molecule has 0 radical (unpaired) electrons. The molecule has 1 aliphatic heterocycles. The topological polar surface area (TPSA) is 186 Å². The predicted molar refractivity (Wildman–Crippen MR) is 84.5 cm³/mol. The molecule has 6 N–H and O–H groups in total. The molecule has 2 aromatic heterocycles. The number of anilines is 1. The van der Waals surface area contributed by atoms with Gasteiger partial charge in [0.25, 0.3) is 0 Å². The Kier molecular flexibility index (Phi) is 4.97. The van der Waals surface area contributed by atoms with Crippen molar-refractivity contribution >= 4 is 28.9 Å². The highest BCUT2D eigenvalue weighted by molar-refractivity contribution is 5.81. The van der Waals surface area contributed by atoms with Gasteiger partial charge in [-0.05, 0) is 0 Å². The zero-order valence-corrected chi connectivity index (χ0v) is 13.5. The number of nitrogens with zero attached hydrogens (tertiary/aromatic N) is 4. The number of aliphatic hydroxyl groups is 2. The van der Waals surface area contributed by atoms with E-state index in [2.05, 4.69) is 15.0 Å². The number of aromatic nitrogens is 4. The van der Waals surface area contributed by atoms with E-state index in [4.69, 9.17) is 20.3 Å². The molecule has 1 saturated heterocycles. The Bertz CT molecular complexity index is 825. The number of carbonyl (C=O) groups is 2. The van der Waals surface area contributed by atoms with Gasteiger partial charge < -0.3 is 30.5 Å². The van der Waals surface area contributed by atoms with Crippen molar-refractivity contribution < 1.29 is 34.4 Å². The van der Waals surface area contributed by atoms with Crippen molar-refractivity contribution in [3.8, 4) is 0 Å². The van der Waals surface area contributed by atoms with Gasteiger partial charge in [-0.15, -0.1) is 0 Å². The van der Waals surface area contributed by atoms with Gasteiger partial charge in [0.15, 0.2) is 17.7 Å². The van der Waals surface area contributed by atoms with E-state index in [-0.39, 0.29) is 25.3 Å². The van der Waals surface area contributed by atoms with E-state index in [1.54, 1.807) is 0 Å². The van der Waals surface area contributed by atoms with Crippen LogP contribution in [0.4, 0.5) is 5.82 Å². The first-order chi connectivity index (χ1) is 12.4. The molecule has 0 spiro atoms. The average Bonchev–Trinajstić information content (AvgIpc) is 3.15. The first kappa shape index (κ1) is 18.0. The van der Waals surface area contributed by atoms with Gasteiger partial charge in [0.1, 0.15) is 43.2 Å². The summed E-state index contributed by atoms with van der Waals surface area (Å²) in [5.74, 6) is -1.41. The van der Waals surface area contributed by atoms with Crippen molar-refractivity contribution in [2.75, 3.05) is 12.3 Å². The Morgan fingerprint density at radius 2 is 2.04 bits per heavy atom. The Morgan fingerprint density at radius 3 is 2.77 bits per heavy atom. The maximum Gasteiger partial charge on any atom is 0.516 e. The monoisotopic (exact) mass is 368 g/mol. The molecular formula is C14H18N5O7+. The Hall–Kier alpha value is -2.83. The number of aliphatic hydroxyl groups excluding tert-OH is 2. The molecule has 1 aliphatic rings. The number of ether oxygens (including phenoxy) is 2. The zero-order valence-electron chi connectivity index (χ0n) is 13.5. The van der Waals surface area contributed by atoms with Crippen LogP contribution >= 0.6 is 0 Å². The van der Waals surface area contributed by atoms with Gasteiger partial charge in [-0.25, -0.2) is 15.0 Å². The van der Waals surface area contributed by atoms with Crippen LogP contribution in [0.2, 0.25) is 0 Å². The molecule has 0 bridgehead atoms. The Morgan fingerprint density at radius 1 is 1.27 bits per heavy atom. The molecule has 3 rings (SSSR count). The third-order valence-electron chi connectivity index (χ3n) is 3.96. The van der Waals surface area contributed by atoms with Crippen LogP contribution in [0.25, 0.3) is 11.2 Å². The minimum Gasteiger partial charge on any atom is -0.565 e. The van der Waals surface area contributed by atoms with Gasteiger partial charge >= 0.3 is 11.9 Å². The highest BCUT2D eigenvalue weighted by Gasteiger charge is 2.45. The number of hydrogen-bond donors (Lipinski definition) is 3. The predicted octanol–water partition coefficient (Wildman–Crippen LogP) is -2.40. The van der Waals surface area contributed by atoms with E-state index < -0.39 is 36.5 Å². The Labute approximate surface area is 146 Å². The lowest BCUT2D eigenvalue weighted by Crippen LogP contribution is -2.34. The number of carbonyl (C=O) groups excluding carboxylic acids is 2. The molecule has 2 aromatic rings. The third kappa shape index (κ3) is 3.42. The van der Waals surface area contributed by atoms with Crippen molar-refractivity contribution in [2.24, 2.45) is 0 Å². The molecule has 0 saturated carbocycles. The SMILES string of the molecule is Nc1ncnc2c1ncn2C1OC(COC(=O)CCC(=O)[OH2+])C(O)C1O. The van der Waals surface area contributed by atoms with Crippen LogP contribution in [0.5, 0.6) is 0 Å². The molecule has 3 heterocycles. The van der Waals surface area contributed by atoms with E-state index >= 15 is 0 Å². The number of imidazole rings is 1. The summed E-state index contributed by atoms with van der Waals surface area (Å²) in [6.45, 7) is -0.316. The fourth-order valence-corrected chi connectivity index (χ4v) is 2.62. The van der Waals surface area contributed by atoms with Crippen LogP contribution < -0.4 is 5.73 Å². The molecule has 0 aliphatic carbocycles. The molecule has 0 aromatic carbocycles. The lowest BCUT2D eigenvalue weighted by molar-refractivity contribution is -0.152. The second-order valence-electron chi connectivity index (χ2n) is 5.74. The second kappa shape index (κ2) is 7.19. The first-order valence-electron chi connectivity index (χ1n) is 7.73. The van der Waals surface area contributed by atoms with E-state index in [9.17, 15) is 19.8 Å². The summed E-state index contributed by atoms with van der Waals surface area (Å²) >= 11 is 0. The van der Waals surface area contributed by atoms with Crippen LogP contribution in [-0.4, -0.2) is 71.7 Å². The van der Waals surface area contributed by atoms with Crippen LogP contribution in [0.15, 0.2) is 12.7 Å². The molecule has 12 heteroatoms. The van der Waals surface area contributed by atoms with Crippen molar-refractivity contribution in [1.82, 2.24) is 19.5 Å². The van der Waals surface area contributed by atoms with Gasteiger partial charge in [0.2, 0.25) is 0 Å².